The minimum Gasteiger partial charge on any atom is -0.497 e. The van der Waals surface area contributed by atoms with Crippen LogP contribution in [0.4, 0.5) is 0 Å². The quantitative estimate of drug-likeness (QED) is 0.365. The van der Waals surface area contributed by atoms with Gasteiger partial charge in [-0.05, 0) is 37.0 Å². The van der Waals surface area contributed by atoms with Crippen molar-refractivity contribution in [1.29, 1.82) is 0 Å². The second kappa shape index (κ2) is 13.2. The van der Waals surface area contributed by atoms with Gasteiger partial charge in [-0.3, -0.25) is 9.59 Å². The molecule has 2 aromatic rings. The highest BCUT2D eigenvalue weighted by atomic mass is 16.5. The molecule has 2 rings (SSSR count). The van der Waals surface area contributed by atoms with Crippen molar-refractivity contribution in [2.24, 2.45) is 5.92 Å². The van der Waals surface area contributed by atoms with E-state index >= 15 is 0 Å². The Morgan fingerprint density at radius 1 is 0.941 bits per heavy atom. The van der Waals surface area contributed by atoms with Crippen molar-refractivity contribution < 1.29 is 28.6 Å². The number of hydrogen-bond acceptors (Lipinski definition) is 6. The third-order valence-electron chi connectivity index (χ3n) is 5.25. The number of esters is 1. The summed E-state index contributed by atoms with van der Waals surface area (Å²) in [5.41, 5.74) is 2.57. The van der Waals surface area contributed by atoms with E-state index in [-0.39, 0.29) is 25.0 Å². The molecule has 184 valence electrons. The zero-order valence-electron chi connectivity index (χ0n) is 20.5. The lowest BCUT2D eigenvalue weighted by Crippen LogP contribution is -2.45. The molecule has 8 nitrogen and oxygen atoms in total. The second-order valence-corrected chi connectivity index (χ2v) is 8.30. The summed E-state index contributed by atoms with van der Waals surface area (Å²) in [6.45, 7) is 5.85. The van der Waals surface area contributed by atoms with Crippen LogP contribution in [0.15, 0.2) is 42.5 Å². The fourth-order valence-electron chi connectivity index (χ4n) is 3.19. The third-order valence-corrected chi connectivity index (χ3v) is 5.25. The number of carbonyl (C=O) groups is 3. The van der Waals surface area contributed by atoms with Crippen LogP contribution in [0, 0.1) is 12.8 Å². The third kappa shape index (κ3) is 8.42. The molecule has 0 aliphatic rings. The van der Waals surface area contributed by atoms with Crippen molar-refractivity contribution in [3.8, 4) is 11.5 Å². The number of hydrogen-bond donors (Lipinski definition) is 2. The molecule has 0 bridgehead atoms. The van der Waals surface area contributed by atoms with E-state index in [1.165, 1.54) is 19.8 Å². The van der Waals surface area contributed by atoms with Crippen molar-refractivity contribution in [2.45, 2.75) is 39.7 Å². The highest BCUT2D eigenvalue weighted by Gasteiger charge is 2.26. The number of ether oxygens (including phenoxy) is 3. The van der Waals surface area contributed by atoms with E-state index in [4.69, 9.17) is 14.2 Å². The topological polar surface area (TPSA) is 103 Å². The molecule has 0 saturated carbocycles. The van der Waals surface area contributed by atoms with Gasteiger partial charge in [0.05, 0.1) is 20.8 Å². The van der Waals surface area contributed by atoms with Crippen molar-refractivity contribution in [1.82, 2.24) is 10.6 Å². The summed E-state index contributed by atoms with van der Waals surface area (Å²) in [6, 6.07) is 12.0. The van der Waals surface area contributed by atoms with Crippen LogP contribution in [0.25, 0.3) is 0 Å². The number of methoxy groups -OCH3 is 2. The molecule has 0 saturated heterocycles. The van der Waals surface area contributed by atoms with E-state index in [0.29, 0.717) is 29.9 Å². The molecule has 8 heteroatoms. The average Bonchev–Trinajstić information content (AvgIpc) is 2.83. The van der Waals surface area contributed by atoms with Crippen LogP contribution in [0.2, 0.25) is 0 Å². The first kappa shape index (κ1) is 26.7. The molecule has 0 spiro atoms. The van der Waals surface area contributed by atoms with Crippen LogP contribution in [0.3, 0.4) is 0 Å². The molecule has 0 aliphatic heterocycles. The Bertz CT molecular complexity index is 950. The van der Waals surface area contributed by atoms with E-state index in [2.05, 4.69) is 10.6 Å². The van der Waals surface area contributed by atoms with Gasteiger partial charge < -0.3 is 24.8 Å². The monoisotopic (exact) mass is 470 g/mol. The predicted octanol–water partition coefficient (Wildman–Crippen LogP) is 3.06. The van der Waals surface area contributed by atoms with Crippen molar-refractivity contribution in [3.05, 3.63) is 59.2 Å². The van der Waals surface area contributed by atoms with Gasteiger partial charge in [-0.1, -0.05) is 43.7 Å². The summed E-state index contributed by atoms with van der Waals surface area (Å²) in [4.78, 5) is 37.4. The molecule has 2 N–H and O–H groups in total. The van der Waals surface area contributed by atoms with Crippen LogP contribution in [-0.2, 0) is 20.7 Å². The highest BCUT2D eigenvalue weighted by Crippen LogP contribution is 2.22. The first-order valence-corrected chi connectivity index (χ1v) is 11.3. The fourth-order valence-corrected chi connectivity index (χ4v) is 3.19. The van der Waals surface area contributed by atoms with E-state index < -0.39 is 17.9 Å². The molecular formula is C26H34N2O6. The lowest BCUT2D eigenvalue weighted by atomic mass is 10.0. The zero-order chi connectivity index (χ0) is 25.1. The normalized spacial score (nSPS) is 11.5. The van der Waals surface area contributed by atoms with E-state index in [9.17, 15) is 14.4 Å². The van der Waals surface area contributed by atoms with Crippen LogP contribution in [0.5, 0.6) is 11.5 Å². The van der Waals surface area contributed by atoms with Gasteiger partial charge in [-0.15, -0.1) is 0 Å². The van der Waals surface area contributed by atoms with Crippen molar-refractivity contribution in [3.63, 3.8) is 0 Å². The Balaban J connectivity index is 1.81. The van der Waals surface area contributed by atoms with Crippen molar-refractivity contribution >= 4 is 17.8 Å². The average molecular weight is 471 g/mol. The van der Waals surface area contributed by atoms with Gasteiger partial charge >= 0.3 is 5.97 Å². The number of rotatable bonds is 12. The Kier molecular flexibility index (Phi) is 10.4. The maximum Gasteiger partial charge on any atom is 0.328 e. The van der Waals surface area contributed by atoms with Gasteiger partial charge in [-0.25, -0.2) is 4.79 Å². The molecule has 0 heterocycles. The lowest BCUT2D eigenvalue weighted by Gasteiger charge is -2.21. The van der Waals surface area contributed by atoms with Crippen LogP contribution in [-0.4, -0.2) is 51.2 Å². The molecular weight excluding hydrogens is 436 g/mol. The maximum atomic E-state index is 12.7. The number of nitrogens with one attached hydrogen (secondary N) is 2. The fraction of sp³-hybridized carbons (Fsp3) is 0.423. The van der Waals surface area contributed by atoms with Crippen LogP contribution < -0.4 is 20.1 Å². The Morgan fingerprint density at radius 2 is 1.56 bits per heavy atom. The second-order valence-electron chi connectivity index (χ2n) is 8.30. The maximum absolute atomic E-state index is 12.7. The number of benzene rings is 2. The van der Waals surface area contributed by atoms with Crippen LogP contribution >= 0.6 is 0 Å². The van der Waals surface area contributed by atoms with E-state index in [1.54, 1.807) is 18.2 Å². The Hall–Kier alpha value is -3.55. The van der Waals surface area contributed by atoms with Gasteiger partial charge in [0.25, 0.3) is 5.91 Å². The molecule has 0 aromatic heterocycles. The molecule has 1 atom stereocenters. The summed E-state index contributed by atoms with van der Waals surface area (Å²) in [5.74, 6) is -0.396. The molecule has 0 fully saturated rings. The van der Waals surface area contributed by atoms with E-state index in [1.807, 2.05) is 45.0 Å². The SMILES string of the molecule is COc1cc(OC)cc(C(=O)NC(C(=O)OCCNC(=O)CCc2ccc(C)cc2)C(C)C)c1. The standard InChI is InChI=1S/C26H34N2O6/c1-17(2)24(28-25(30)20-14-21(32-4)16-22(15-20)33-5)26(31)34-13-12-27-23(29)11-10-19-8-6-18(3)7-9-19/h6-9,14-17,24H,10-13H2,1-5H3,(H,27,29)(H,28,30). The van der Waals surface area contributed by atoms with Gasteiger partial charge in [0.15, 0.2) is 0 Å². The first-order chi connectivity index (χ1) is 16.2. The lowest BCUT2D eigenvalue weighted by molar-refractivity contribution is -0.147. The minimum atomic E-state index is -0.845. The number of amides is 2. The summed E-state index contributed by atoms with van der Waals surface area (Å²) in [5, 5.41) is 5.46. The van der Waals surface area contributed by atoms with Gasteiger partial charge in [0, 0.05) is 18.1 Å². The Morgan fingerprint density at radius 3 is 2.12 bits per heavy atom. The van der Waals surface area contributed by atoms with Crippen molar-refractivity contribution in [2.75, 3.05) is 27.4 Å². The minimum absolute atomic E-state index is 0.0151. The smallest absolute Gasteiger partial charge is 0.328 e. The molecule has 0 aliphatic carbocycles. The number of aryl methyl sites for hydroxylation is 2. The Labute approximate surface area is 201 Å². The molecule has 1 unspecified atom stereocenters. The van der Waals surface area contributed by atoms with Crippen LogP contribution in [0.1, 0.15) is 41.8 Å². The highest BCUT2D eigenvalue weighted by molar-refractivity contribution is 5.97. The van der Waals surface area contributed by atoms with Gasteiger partial charge in [0.2, 0.25) is 5.91 Å². The molecule has 0 radical (unpaired) electrons. The number of carbonyl (C=O) groups excluding carboxylic acids is 3. The largest absolute Gasteiger partial charge is 0.497 e. The summed E-state index contributed by atoms with van der Waals surface area (Å²) in [7, 11) is 2.98. The summed E-state index contributed by atoms with van der Waals surface area (Å²) in [6.07, 6.45) is 0.994. The van der Waals surface area contributed by atoms with E-state index in [0.717, 1.165) is 5.56 Å². The summed E-state index contributed by atoms with van der Waals surface area (Å²) >= 11 is 0. The predicted molar refractivity (Wildman–Crippen MR) is 129 cm³/mol. The van der Waals surface area contributed by atoms with Gasteiger partial charge in [-0.2, -0.15) is 0 Å². The molecule has 2 amide bonds. The molecule has 2 aromatic carbocycles. The first-order valence-electron chi connectivity index (χ1n) is 11.3. The zero-order valence-corrected chi connectivity index (χ0v) is 20.5. The molecule has 34 heavy (non-hydrogen) atoms. The summed E-state index contributed by atoms with van der Waals surface area (Å²) < 4.78 is 15.7. The van der Waals surface area contributed by atoms with Gasteiger partial charge in [0.1, 0.15) is 24.1 Å².